The van der Waals surface area contributed by atoms with Gasteiger partial charge in [-0.1, -0.05) is 44.2 Å². The number of methoxy groups -OCH3 is 1. The molecule has 0 saturated heterocycles. The Morgan fingerprint density at radius 3 is 2.21 bits per heavy atom. The van der Waals surface area contributed by atoms with Gasteiger partial charge >= 0.3 is 6.09 Å². The van der Waals surface area contributed by atoms with Gasteiger partial charge < -0.3 is 20.1 Å². The standard InChI is InChI=1S/C17H25NO2.C5H11NO2/c1-20-17-9-7-16(8-10-17)13-18(14-19)12-11-15-5-3-2-4-6-15;1-5(2,3)8-4(6)7/h7-10,14-15H,2-6,11-13H2,1H3;1-3H3,(H2,6,7). The molecule has 0 aliphatic heterocycles. The van der Waals surface area contributed by atoms with Crippen LogP contribution >= 0.6 is 0 Å². The van der Waals surface area contributed by atoms with Gasteiger partial charge in [0.2, 0.25) is 6.41 Å². The highest BCUT2D eigenvalue weighted by atomic mass is 16.6. The van der Waals surface area contributed by atoms with E-state index in [1.807, 2.05) is 29.2 Å². The van der Waals surface area contributed by atoms with E-state index in [4.69, 9.17) is 10.5 Å². The maximum Gasteiger partial charge on any atom is 0.405 e. The van der Waals surface area contributed by atoms with Gasteiger partial charge in [0.05, 0.1) is 7.11 Å². The normalized spacial score (nSPS) is 14.4. The average molecular weight is 393 g/mol. The van der Waals surface area contributed by atoms with Crippen molar-refractivity contribution in [2.24, 2.45) is 11.7 Å². The van der Waals surface area contributed by atoms with Gasteiger partial charge in [0.25, 0.3) is 0 Å². The molecule has 0 bridgehead atoms. The first-order valence-corrected chi connectivity index (χ1v) is 10.0. The minimum atomic E-state index is -0.725. The molecule has 1 aromatic carbocycles. The third-order valence-corrected chi connectivity index (χ3v) is 4.65. The molecule has 2 amide bonds. The van der Waals surface area contributed by atoms with Gasteiger partial charge in [0.1, 0.15) is 11.4 Å². The minimum Gasteiger partial charge on any atom is -0.497 e. The van der Waals surface area contributed by atoms with Crippen molar-refractivity contribution in [3.63, 3.8) is 0 Å². The fourth-order valence-electron chi connectivity index (χ4n) is 3.26. The molecule has 2 rings (SSSR count). The monoisotopic (exact) mass is 392 g/mol. The predicted octanol–water partition coefficient (Wildman–Crippen LogP) is 4.50. The number of amides is 2. The summed E-state index contributed by atoms with van der Waals surface area (Å²) in [6.07, 6.45) is 8.21. The van der Waals surface area contributed by atoms with Crippen LogP contribution in [-0.2, 0) is 16.1 Å². The second-order valence-corrected chi connectivity index (χ2v) is 8.25. The maximum absolute atomic E-state index is 11.2. The van der Waals surface area contributed by atoms with Crippen LogP contribution in [-0.4, -0.2) is 36.7 Å². The molecule has 1 saturated carbocycles. The molecule has 6 nitrogen and oxygen atoms in total. The number of carbonyl (C=O) groups excluding carboxylic acids is 2. The van der Waals surface area contributed by atoms with Crippen LogP contribution in [0.1, 0.15) is 64.9 Å². The zero-order chi connectivity index (χ0) is 21.0. The summed E-state index contributed by atoms with van der Waals surface area (Å²) in [5.74, 6) is 1.68. The van der Waals surface area contributed by atoms with Crippen LogP contribution in [0.15, 0.2) is 24.3 Å². The summed E-state index contributed by atoms with van der Waals surface area (Å²) in [4.78, 5) is 23.1. The van der Waals surface area contributed by atoms with Crippen LogP contribution in [0.2, 0.25) is 0 Å². The largest absolute Gasteiger partial charge is 0.497 e. The van der Waals surface area contributed by atoms with Crippen molar-refractivity contribution < 1.29 is 19.1 Å². The number of benzene rings is 1. The Balaban J connectivity index is 0.000000416. The molecule has 0 aromatic heterocycles. The summed E-state index contributed by atoms with van der Waals surface area (Å²) in [7, 11) is 1.66. The molecule has 28 heavy (non-hydrogen) atoms. The van der Waals surface area contributed by atoms with Crippen molar-refractivity contribution in [1.82, 2.24) is 4.90 Å². The average Bonchev–Trinajstić information content (AvgIpc) is 2.65. The Kier molecular flexibility index (Phi) is 10.4. The molecule has 158 valence electrons. The number of rotatable bonds is 7. The van der Waals surface area contributed by atoms with Gasteiger partial charge in [-0.15, -0.1) is 0 Å². The van der Waals surface area contributed by atoms with Gasteiger partial charge in [0, 0.05) is 13.1 Å². The molecule has 2 N–H and O–H groups in total. The predicted molar refractivity (Wildman–Crippen MR) is 111 cm³/mol. The van der Waals surface area contributed by atoms with Crippen LogP contribution in [0.4, 0.5) is 4.79 Å². The van der Waals surface area contributed by atoms with Crippen molar-refractivity contribution in [2.45, 2.75) is 71.4 Å². The lowest BCUT2D eigenvalue weighted by Gasteiger charge is -2.24. The third-order valence-electron chi connectivity index (χ3n) is 4.65. The number of carbonyl (C=O) groups is 2. The topological polar surface area (TPSA) is 81.9 Å². The van der Waals surface area contributed by atoms with Gasteiger partial charge in [-0.2, -0.15) is 0 Å². The van der Waals surface area contributed by atoms with Gasteiger partial charge in [-0.25, -0.2) is 4.79 Å². The molecule has 1 aliphatic carbocycles. The number of ether oxygens (including phenoxy) is 2. The first-order chi connectivity index (χ1) is 13.2. The zero-order valence-electron chi connectivity index (χ0n) is 17.8. The van der Waals surface area contributed by atoms with Crippen molar-refractivity contribution in [3.05, 3.63) is 29.8 Å². The van der Waals surface area contributed by atoms with E-state index in [9.17, 15) is 9.59 Å². The smallest absolute Gasteiger partial charge is 0.405 e. The van der Waals surface area contributed by atoms with E-state index in [2.05, 4.69) is 4.74 Å². The molecule has 0 unspecified atom stereocenters. The zero-order valence-corrected chi connectivity index (χ0v) is 17.8. The van der Waals surface area contributed by atoms with Crippen LogP contribution in [0, 0.1) is 5.92 Å². The molecule has 0 heterocycles. The van der Waals surface area contributed by atoms with Crippen LogP contribution in [0.25, 0.3) is 0 Å². The maximum atomic E-state index is 11.2. The number of hydrogen-bond donors (Lipinski definition) is 1. The second kappa shape index (κ2) is 12.3. The number of hydrogen-bond acceptors (Lipinski definition) is 4. The summed E-state index contributed by atoms with van der Waals surface area (Å²) in [6, 6.07) is 7.94. The second-order valence-electron chi connectivity index (χ2n) is 8.25. The van der Waals surface area contributed by atoms with E-state index in [1.54, 1.807) is 27.9 Å². The first-order valence-electron chi connectivity index (χ1n) is 10.0. The SMILES string of the molecule is CC(C)(C)OC(N)=O.COc1ccc(CN(C=O)CCC2CCCCC2)cc1. The Bertz CT molecular complexity index is 575. The first kappa shape index (κ1) is 23.8. The summed E-state index contributed by atoms with van der Waals surface area (Å²) in [5.41, 5.74) is 5.42. The van der Waals surface area contributed by atoms with Crippen LogP contribution < -0.4 is 10.5 Å². The van der Waals surface area contributed by atoms with Crippen LogP contribution in [0.3, 0.4) is 0 Å². The molecular formula is C22H36N2O4. The fraction of sp³-hybridized carbons (Fsp3) is 0.636. The van der Waals surface area contributed by atoms with Crippen molar-refractivity contribution in [2.75, 3.05) is 13.7 Å². The van der Waals surface area contributed by atoms with Crippen molar-refractivity contribution in [1.29, 1.82) is 0 Å². The number of primary amides is 1. The van der Waals surface area contributed by atoms with Crippen LogP contribution in [0.5, 0.6) is 5.75 Å². The lowest BCUT2D eigenvalue weighted by Crippen LogP contribution is -2.27. The van der Waals surface area contributed by atoms with E-state index in [0.29, 0.717) is 6.54 Å². The molecule has 1 aliphatic rings. The van der Waals surface area contributed by atoms with Gasteiger partial charge in [-0.3, -0.25) is 4.79 Å². The van der Waals surface area contributed by atoms with Crippen molar-refractivity contribution >= 4 is 12.5 Å². The molecule has 0 atom stereocenters. The van der Waals surface area contributed by atoms with E-state index < -0.39 is 11.7 Å². The van der Waals surface area contributed by atoms with E-state index in [1.165, 1.54) is 32.1 Å². The molecule has 1 fully saturated rings. The van der Waals surface area contributed by atoms with Crippen molar-refractivity contribution in [3.8, 4) is 5.75 Å². The Morgan fingerprint density at radius 2 is 1.79 bits per heavy atom. The quantitative estimate of drug-likeness (QED) is 0.693. The fourth-order valence-corrected chi connectivity index (χ4v) is 3.26. The van der Waals surface area contributed by atoms with Gasteiger partial charge in [0.15, 0.2) is 0 Å². The minimum absolute atomic E-state index is 0.453. The lowest BCUT2D eigenvalue weighted by atomic mass is 9.87. The highest BCUT2D eigenvalue weighted by molar-refractivity contribution is 5.65. The van der Waals surface area contributed by atoms with Gasteiger partial charge in [-0.05, 0) is 50.8 Å². The molecule has 0 spiro atoms. The Hall–Kier alpha value is -2.24. The van der Waals surface area contributed by atoms with E-state index >= 15 is 0 Å². The summed E-state index contributed by atoms with van der Waals surface area (Å²) in [5, 5.41) is 0. The Labute approximate surface area is 169 Å². The highest BCUT2D eigenvalue weighted by Crippen LogP contribution is 2.26. The lowest BCUT2D eigenvalue weighted by molar-refractivity contribution is -0.118. The molecule has 6 heteroatoms. The third kappa shape index (κ3) is 10.8. The molecular weight excluding hydrogens is 356 g/mol. The summed E-state index contributed by atoms with van der Waals surface area (Å²) in [6.45, 7) is 6.85. The number of nitrogens with zero attached hydrogens (tertiary/aromatic N) is 1. The highest BCUT2D eigenvalue weighted by Gasteiger charge is 2.14. The van der Waals surface area contributed by atoms with E-state index in [0.717, 1.165) is 36.6 Å². The summed E-state index contributed by atoms with van der Waals surface area (Å²) >= 11 is 0. The molecule has 0 radical (unpaired) electrons. The Morgan fingerprint density at radius 1 is 1.18 bits per heavy atom. The van der Waals surface area contributed by atoms with E-state index in [-0.39, 0.29) is 0 Å². The molecule has 1 aromatic rings. The summed E-state index contributed by atoms with van der Waals surface area (Å²) < 4.78 is 9.72. The number of nitrogens with two attached hydrogens (primary N) is 1.